The van der Waals surface area contributed by atoms with Crippen LogP contribution in [0.3, 0.4) is 0 Å². The van der Waals surface area contributed by atoms with Gasteiger partial charge in [0, 0.05) is 11.4 Å². The van der Waals surface area contributed by atoms with E-state index in [1.54, 1.807) is 0 Å². The molecule has 0 aliphatic rings. The minimum Gasteiger partial charge on any atom is -0.323 e. The Kier molecular flexibility index (Phi) is 5.11. The van der Waals surface area contributed by atoms with Gasteiger partial charge in [-0.3, -0.25) is 9.59 Å². The molecule has 0 unspecified atom stereocenters. The van der Waals surface area contributed by atoms with Gasteiger partial charge in [0.15, 0.2) is 0 Å². The second kappa shape index (κ2) is 7.24. The number of nitrogens with one attached hydrogen (secondary N) is 2. The maximum Gasteiger partial charge on any atom is 0.271 e. The van der Waals surface area contributed by atoms with Gasteiger partial charge in [-0.15, -0.1) is 0 Å². The molecule has 0 aliphatic carbocycles. The van der Waals surface area contributed by atoms with Gasteiger partial charge >= 0.3 is 0 Å². The van der Waals surface area contributed by atoms with Gasteiger partial charge in [0.1, 0.15) is 0 Å². The molecule has 0 atom stereocenters. The first kappa shape index (κ1) is 17.6. The number of alkyl halides is 1. The van der Waals surface area contributed by atoms with Crippen molar-refractivity contribution >= 4 is 23.2 Å². The molecule has 0 aliphatic heterocycles. The van der Waals surface area contributed by atoms with E-state index in [4.69, 9.17) is 10.5 Å². The lowest BCUT2D eigenvalue weighted by molar-refractivity contribution is -0.138. The molecule has 0 bridgehead atoms. The predicted octanol–water partition coefficient (Wildman–Crippen LogP) is 2.74. The highest BCUT2D eigenvalue weighted by atomic mass is 19.1. The lowest BCUT2D eigenvalue weighted by atomic mass is 10.1. The van der Waals surface area contributed by atoms with Gasteiger partial charge in [-0.1, -0.05) is 0 Å². The quantitative estimate of drug-likeness (QED) is 0.837. The molecule has 2 rings (SSSR count). The number of amides is 2. The van der Waals surface area contributed by atoms with Crippen molar-refractivity contribution in [1.29, 1.82) is 10.5 Å². The third-order valence-corrected chi connectivity index (χ3v) is 3.40. The summed E-state index contributed by atoms with van der Waals surface area (Å²) in [5, 5.41) is 22.0. The van der Waals surface area contributed by atoms with Crippen molar-refractivity contribution in [2.24, 2.45) is 0 Å². The van der Waals surface area contributed by atoms with Crippen LogP contribution in [-0.4, -0.2) is 17.5 Å². The van der Waals surface area contributed by atoms with Crippen molar-refractivity contribution in [3.8, 4) is 12.1 Å². The molecule has 2 aromatic carbocycles. The predicted molar refractivity (Wildman–Crippen MR) is 89.1 cm³/mol. The minimum absolute atomic E-state index is 0.263. The molecule has 2 aromatic rings. The van der Waals surface area contributed by atoms with E-state index in [2.05, 4.69) is 10.6 Å². The Balaban J connectivity index is 2.06. The number of nitrogens with zero attached hydrogens (tertiary/aromatic N) is 2. The fourth-order valence-corrected chi connectivity index (χ4v) is 1.86. The second-order valence-electron chi connectivity index (χ2n) is 5.29. The molecule has 0 spiro atoms. The van der Waals surface area contributed by atoms with E-state index < -0.39 is 17.5 Å². The molecule has 0 aromatic heterocycles. The highest BCUT2D eigenvalue weighted by molar-refractivity contribution is 6.17. The van der Waals surface area contributed by atoms with Crippen LogP contribution in [0.5, 0.6) is 0 Å². The third-order valence-electron chi connectivity index (χ3n) is 3.40. The summed E-state index contributed by atoms with van der Waals surface area (Å²) in [6, 6.07) is 15.4. The van der Waals surface area contributed by atoms with Gasteiger partial charge in [0.25, 0.3) is 17.5 Å². The van der Waals surface area contributed by atoms with E-state index in [1.165, 1.54) is 48.5 Å². The van der Waals surface area contributed by atoms with Crippen LogP contribution in [0.2, 0.25) is 0 Å². The van der Waals surface area contributed by atoms with Gasteiger partial charge in [0.2, 0.25) is 0 Å². The van der Waals surface area contributed by atoms with Crippen molar-refractivity contribution in [3.05, 3.63) is 59.7 Å². The fourth-order valence-electron chi connectivity index (χ4n) is 1.86. The van der Waals surface area contributed by atoms with E-state index in [0.29, 0.717) is 11.1 Å². The van der Waals surface area contributed by atoms with Crippen molar-refractivity contribution in [1.82, 2.24) is 0 Å². The standard InChI is InChI=1S/C18H13FN4O2/c1-18(19,16(24)22-14-6-2-12(10-20)3-7-14)17(25)23-15-8-4-13(11-21)5-9-15/h2-9H,1H3,(H,22,24)(H,23,25). The first-order valence-electron chi connectivity index (χ1n) is 7.19. The zero-order chi connectivity index (χ0) is 18.4. The molecule has 2 N–H and O–H groups in total. The SMILES string of the molecule is CC(F)(C(=O)Nc1ccc(C#N)cc1)C(=O)Nc1ccc(C#N)cc1. The minimum atomic E-state index is -2.82. The van der Waals surface area contributed by atoms with Gasteiger partial charge < -0.3 is 10.6 Å². The molecule has 124 valence electrons. The van der Waals surface area contributed by atoms with Crippen molar-refractivity contribution in [2.75, 3.05) is 10.6 Å². The maximum absolute atomic E-state index is 14.6. The number of carbonyl (C=O) groups excluding carboxylic acids is 2. The highest BCUT2D eigenvalue weighted by Gasteiger charge is 2.41. The van der Waals surface area contributed by atoms with E-state index in [1.807, 2.05) is 12.1 Å². The monoisotopic (exact) mass is 336 g/mol. The smallest absolute Gasteiger partial charge is 0.271 e. The summed E-state index contributed by atoms with van der Waals surface area (Å²) >= 11 is 0. The molecule has 2 amide bonds. The van der Waals surface area contributed by atoms with Crippen LogP contribution < -0.4 is 10.6 Å². The zero-order valence-corrected chi connectivity index (χ0v) is 13.2. The Morgan fingerprint density at radius 2 is 1.16 bits per heavy atom. The van der Waals surface area contributed by atoms with Crippen LogP contribution in [0, 0.1) is 22.7 Å². The zero-order valence-electron chi connectivity index (χ0n) is 13.2. The third kappa shape index (κ3) is 4.18. The number of anilines is 2. The number of nitriles is 2. The van der Waals surface area contributed by atoms with E-state index >= 15 is 0 Å². The van der Waals surface area contributed by atoms with Crippen LogP contribution in [-0.2, 0) is 9.59 Å². The van der Waals surface area contributed by atoms with E-state index in [0.717, 1.165) is 6.92 Å². The summed E-state index contributed by atoms with van der Waals surface area (Å²) in [6.45, 7) is 0.852. The average Bonchev–Trinajstić information content (AvgIpc) is 2.62. The van der Waals surface area contributed by atoms with E-state index in [-0.39, 0.29) is 11.4 Å². The number of benzene rings is 2. The van der Waals surface area contributed by atoms with Crippen molar-refractivity contribution in [2.45, 2.75) is 12.6 Å². The second-order valence-corrected chi connectivity index (χ2v) is 5.29. The topological polar surface area (TPSA) is 106 Å². The molecule has 0 saturated carbocycles. The summed E-state index contributed by atoms with van der Waals surface area (Å²) in [6.07, 6.45) is 0. The molecule has 0 radical (unpaired) electrons. The first-order chi connectivity index (χ1) is 11.9. The van der Waals surface area contributed by atoms with Crippen molar-refractivity contribution < 1.29 is 14.0 Å². The van der Waals surface area contributed by atoms with Crippen LogP contribution in [0.15, 0.2) is 48.5 Å². The summed E-state index contributed by atoms with van der Waals surface area (Å²) in [4.78, 5) is 24.1. The van der Waals surface area contributed by atoms with Crippen molar-refractivity contribution in [3.63, 3.8) is 0 Å². The van der Waals surface area contributed by atoms with Crippen LogP contribution in [0.4, 0.5) is 15.8 Å². The van der Waals surface area contributed by atoms with Gasteiger partial charge in [-0.2, -0.15) is 10.5 Å². The summed E-state index contributed by atoms with van der Waals surface area (Å²) < 4.78 is 14.6. The summed E-state index contributed by atoms with van der Waals surface area (Å²) in [5.41, 5.74) is -1.51. The molecular formula is C18H13FN4O2. The highest BCUT2D eigenvalue weighted by Crippen LogP contribution is 2.19. The number of carbonyl (C=O) groups is 2. The van der Waals surface area contributed by atoms with Crippen LogP contribution in [0.25, 0.3) is 0 Å². The van der Waals surface area contributed by atoms with Crippen LogP contribution >= 0.6 is 0 Å². The molecule has 0 saturated heterocycles. The number of rotatable bonds is 4. The first-order valence-corrected chi connectivity index (χ1v) is 7.19. The van der Waals surface area contributed by atoms with E-state index in [9.17, 15) is 14.0 Å². The summed E-state index contributed by atoms with van der Waals surface area (Å²) in [5.74, 6) is -2.27. The lowest BCUT2D eigenvalue weighted by Gasteiger charge is -2.19. The molecule has 6 nitrogen and oxygen atoms in total. The average molecular weight is 336 g/mol. The fraction of sp³-hybridized carbons (Fsp3) is 0.111. The number of hydrogen-bond acceptors (Lipinski definition) is 4. The molecule has 0 fully saturated rings. The molecule has 7 heteroatoms. The van der Waals surface area contributed by atoms with Gasteiger partial charge in [0.05, 0.1) is 23.3 Å². The largest absolute Gasteiger partial charge is 0.323 e. The normalized spacial score (nSPS) is 10.2. The Morgan fingerprint density at radius 1 is 0.840 bits per heavy atom. The Labute approximate surface area is 143 Å². The summed E-state index contributed by atoms with van der Waals surface area (Å²) in [7, 11) is 0. The molecular weight excluding hydrogens is 323 g/mol. The Hall–Kier alpha value is -3.71. The number of halogens is 1. The number of hydrogen-bond donors (Lipinski definition) is 2. The van der Waals surface area contributed by atoms with Gasteiger partial charge in [-0.25, -0.2) is 4.39 Å². The Bertz CT molecular complexity index is 802. The lowest BCUT2D eigenvalue weighted by Crippen LogP contribution is -2.46. The molecule has 25 heavy (non-hydrogen) atoms. The van der Waals surface area contributed by atoms with Gasteiger partial charge in [-0.05, 0) is 55.5 Å². The molecule has 0 heterocycles. The maximum atomic E-state index is 14.6. The Morgan fingerprint density at radius 3 is 1.44 bits per heavy atom. The van der Waals surface area contributed by atoms with Crippen LogP contribution in [0.1, 0.15) is 18.1 Å².